The molecular formula is C16H22N2O3S. The van der Waals surface area contributed by atoms with Crippen molar-refractivity contribution in [3.63, 3.8) is 0 Å². The number of carbonyl (C=O) groups excluding carboxylic acids is 2. The van der Waals surface area contributed by atoms with Crippen molar-refractivity contribution in [3.8, 4) is 0 Å². The molecule has 1 aliphatic heterocycles. The molecule has 0 saturated carbocycles. The van der Waals surface area contributed by atoms with Crippen LogP contribution in [0, 0.1) is 0 Å². The summed E-state index contributed by atoms with van der Waals surface area (Å²) in [5.41, 5.74) is 1.35. The Balaban J connectivity index is 1.62. The van der Waals surface area contributed by atoms with Gasteiger partial charge in [-0.15, -0.1) is 11.3 Å². The molecule has 1 saturated heterocycles. The molecule has 2 amide bonds. The first-order valence-electron chi connectivity index (χ1n) is 7.94. The van der Waals surface area contributed by atoms with Crippen molar-refractivity contribution in [1.82, 2.24) is 9.80 Å². The number of hydrogen-bond donors (Lipinski definition) is 1. The summed E-state index contributed by atoms with van der Waals surface area (Å²) in [6.45, 7) is 3.57. The number of amides is 2. The summed E-state index contributed by atoms with van der Waals surface area (Å²) in [7, 11) is 0. The van der Waals surface area contributed by atoms with Gasteiger partial charge in [0.25, 0.3) is 11.8 Å². The molecule has 2 heterocycles. The minimum absolute atomic E-state index is 0.0866. The second-order valence-corrected chi connectivity index (χ2v) is 7.20. The SMILES string of the molecule is CC(O)C(=O)N1CCN(C(=O)c2cc3c(s2)CCCC3)CC1. The van der Waals surface area contributed by atoms with Gasteiger partial charge in [-0.3, -0.25) is 9.59 Å². The van der Waals surface area contributed by atoms with Gasteiger partial charge in [0.15, 0.2) is 0 Å². The summed E-state index contributed by atoms with van der Waals surface area (Å²) in [6.07, 6.45) is 3.67. The van der Waals surface area contributed by atoms with E-state index in [0.29, 0.717) is 26.2 Å². The number of aliphatic hydroxyl groups is 1. The van der Waals surface area contributed by atoms with E-state index in [1.165, 1.54) is 30.2 Å². The molecule has 2 aliphatic rings. The van der Waals surface area contributed by atoms with Crippen molar-refractivity contribution < 1.29 is 14.7 Å². The van der Waals surface area contributed by atoms with E-state index in [1.807, 2.05) is 4.90 Å². The molecule has 1 aromatic heterocycles. The number of fused-ring (bicyclic) bond motifs is 1. The molecule has 0 bridgehead atoms. The average Bonchev–Trinajstić information content (AvgIpc) is 2.97. The first kappa shape index (κ1) is 15.5. The fourth-order valence-electron chi connectivity index (χ4n) is 3.15. The second kappa shape index (κ2) is 6.38. The summed E-state index contributed by atoms with van der Waals surface area (Å²) in [5, 5.41) is 9.35. The lowest BCUT2D eigenvalue weighted by molar-refractivity contribution is -0.140. The minimum Gasteiger partial charge on any atom is -0.384 e. The Labute approximate surface area is 134 Å². The first-order chi connectivity index (χ1) is 10.6. The second-order valence-electron chi connectivity index (χ2n) is 6.06. The average molecular weight is 322 g/mol. The molecule has 1 aliphatic carbocycles. The van der Waals surface area contributed by atoms with E-state index in [1.54, 1.807) is 16.2 Å². The third-order valence-electron chi connectivity index (χ3n) is 4.44. The van der Waals surface area contributed by atoms with Crippen LogP contribution in [0.1, 0.15) is 39.9 Å². The number of hydrogen-bond acceptors (Lipinski definition) is 4. The van der Waals surface area contributed by atoms with Crippen LogP contribution in [0.15, 0.2) is 6.07 Å². The molecule has 1 unspecified atom stereocenters. The van der Waals surface area contributed by atoms with Gasteiger partial charge in [0, 0.05) is 31.1 Å². The Morgan fingerprint density at radius 3 is 2.41 bits per heavy atom. The third kappa shape index (κ3) is 3.03. The predicted octanol–water partition coefficient (Wildman–Crippen LogP) is 1.29. The predicted molar refractivity (Wildman–Crippen MR) is 85.1 cm³/mol. The molecule has 22 heavy (non-hydrogen) atoms. The molecule has 3 rings (SSSR count). The molecule has 1 aromatic rings. The van der Waals surface area contributed by atoms with Crippen LogP contribution < -0.4 is 0 Å². The van der Waals surface area contributed by atoms with Gasteiger partial charge in [-0.05, 0) is 44.2 Å². The van der Waals surface area contributed by atoms with E-state index in [0.717, 1.165) is 17.7 Å². The first-order valence-corrected chi connectivity index (χ1v) is 8.75. The van der Waals surface area contributed by atoms with Crippen LogP contribution in [-0.2, 0) is 17.6 Å². The number of thiophene rings is 1. The van der Waals surface area contributed by atoms with E-state index in [2.05, 4.69) is 6.07 Å². The summed E-state index contributed by atoms with van der Waals surface area (Å²) in [4.78, 5) is 30.0. The number of rotatable bonds is 2. The molecule has 1 fully saturated rings. The largest absolute Gasteiger partial charge is 0.384 e. The maximum atomic E-state index is 12.6. The van der Waals surface area contributed by atoms with Gasteiger partial charge in [0.05, 0.1) is 4.88 Å². The van der Waals surface area contributed by atoms with Crippen molar-refractivity contribution in [2.75, 3.05) is 26.2 Å². The highest BCUT2D eigenvalue weighted by molar-refractivity contribution is 7.14. The molecule has 5 nitrogen and oxygen atoms in total. The highest BCUT2D eigenvalue weighted by Gasteiger charge is 2.28. The maximum absolute atomic E-state index is 12.6. The standard InChI is InChI=1S/C16H22N2O3S/c1-11(19)15(20)17-6-8-18(9-7-17)16(21)14-10-12-4-2-3-5-13(12)22-14/h10-11,19H,2-9H2,1H3. The molecule has 1 atom stereocenters. The number of carbonyl (C=O) groups is 2. The zero-order valence-electron chi connectivity index (χ0n) is 12.9. The Kier molecular flexibility index (Phi) is 4.49. The number of nitrogens with zero attached hydrogens (tertiary/aromatic N) is 2. The van der Waals surface area contributed by atoms with Crippen molar-refractivity contribution in [1.29, 1.82) is 0 Å². The quantitative estimate of drug-likeness (QED) is 0.892. The van der Waals surface area contributed by atoms with Crippen LogP contribution in [0.5, 0.6) is 0 Å². The van der Waals surface area contributed by atoms with E-state index < -0.39 is 6.10 Å². The molecule has 120 valence electrons. The Morgan fingerprint density at radius 2 is 1.77 bits per heavy atom. The van der Waals surface area contributed by atoms with Gasteiger partial charge in [-0.25, -0.2) is 0 Å². The third-order valence-corrected chi connectivity index (χ3v) is 5.67. The zero-order valence-corrected chi connectivity index (χ0v) is 13.7. The van der Waals surface area contributed by atoms with Crippen LogP contribution in [0.25, 0.3) is 0 Å². The normalized spacial score (nSPS) is 19.7. The van der Waals surface area contributed by atoms with Gasteiger partial charge in [-0.1, -0.05) is 0 Å². The maximum Gasteiger partial charge on any atom is 0.264 e. The number of aryl methyl sites for hydroxylation is 2. The zero-order chi connectivity index (χ0) is 15.7. The topological polar surface area (TPSA) is 60.9 Å². The smallest absolute Gasteiger partial charge is 0.264 e. The Hall–Kier alpha value is -1.40. The fourth-order valence-corrected chi connectivity index (χ4v) is 4.37. The van der Waals surface area contributed by atoms with Gasteiger partial charge in [0.2, 0.25) is 0 Å². The molecule has 0 spiro atoms. The van der Waals surface area contributed by atoms with Crippen LogP contribution in [0.3, 0.4) is 0 Å². The van der Waals surface area contributed by atoms with E-state index in [-0.39, 0.29) is 11.8 Å². The number of aliphatic hydroxyl groups excluding tert-OH is 1. The number of piperazine rings is 1. The van der Waals surface area contributed by atoms with Gasteiger partial charge in [-0.2, -0.15) is 0 Å². The molecule has 0 radical (unpaired) electrons. The highest BCUT2D eigenvalue weighted by atomic mass is 32.1. The highest BCUT2D eigenvalue weighted by Crippen LogP contribution is 2.30. The van der Waals surface area contributed by atoms with Crippen molar-refractivity contribution in [2.24, 2.45) is 0 Å². The van der Waals surface area contributed by atoms with Crippen molar-refractivity contribution in [3.05, 3.63) is 21.4 Å². The van der Waals surface area contributed by atoms with E-state index in [9.17, 15) is 14.7 Å². The lowest BCUT2D eigenvalue weighted by Gasteiger charge is -2.35. The molecule has 0 aromatic carbocycles. The monoisotopic (exact) mass is 322 g/mol. The summed E-state index contributed by atoms with van der Waals surface area (Å²) in [5.74, 6) is -0.165. The Bertz CT molecular complexity index is 550. The van der Waals surface area contributed by atoms with Crippen LogP contribution >= 0.6 is 11.3 Å². The fraction of sp³-hybridized carbons (Fsp3) is 0.625. The van der Waals surface area contributed by atoms with Gasteiger partial charge < -0.3 is 14.9 Å². The molecule has 1 N–H and O–H groups in total. The van der Waals surface area contributed by atoms with Crippen LogP contribution in [0.4, 0.5) is 0 Å². The molecule has 6 heteroatoms. The van der Waals surface area contributed by atoms with Crippen molar-refractivity contribution in [2.45, 2.75) is 38.7 Å². The van der Waals surface area contributed by atoms with Gasteiger partial charge in [0.1, 0.15) is 6.10 Å². The molecular weight excluding hydrogens is 300 g/mol. The van der Waals surface area contributed by atoms with E-state index in [4.69, 9.17) is 0 Å². The summed E-state index contributed by atoms with van der Waals surface area (Å²) >= 11 is 1.64. The van der Waals surface area contributed by atoms with Crippen LogP contribution in [0.2, 0.25) is 0 Å². The lowest BCUT2D eigenvalue weighted by atomic mass is 9.99. The summed E-state index contributed by atoms with van der Waals surface area (Å²) < 4.78 is 0. The Morgan fingerprint density at radius 1 is 1.14 bits per heavy atom. The lowest BCUT2D eigenvalue weighted by Crippen LogP contribution is -2.52. The van der Waals surface area contributed by atoms with Gasteiger partial charge >= 0.3 is 0 Å². The van der Waals surface area contributed by atoms with E-state index >= 15 is 0 Å². The summed E-state index contributed by atoms with van der Waals surface area (Å²) in [6, 6.07) is 2.06. The van der Waals surface area contributed by atoms with Crippen LogP contribution in [-0.4, -0.2) is 59.0 Å². The minimum atomic E-state index is -0.966. The van der Waals surface area contributed by atoms with Crippen molar-refractivity contribution >= 4 is 23.2 Å².